The van der Waals surface area contributed by atoms with Crippen LogP contribution < -0.4 is 10.1 Å². The van der Waals surface area contributed by atoms with Crippen LogP contribution in [-0.2, 0) is 6.54 Å². The van der Waals surface area contributed by atoms with E-state index in [1.165, 1.54) is 12.1 Å². The highest BCUT2D eigenvalue weighted by atomic mass is 19.1. The molecule has 5 heteroatoms. The lowest BCUT2D eigenvalue weighted by atomic mass is 10.0. The van der Waals surface area contributed by atoms with E-state index < -0.39 is 0 Å². The molecule has 0 spiro atoms. The molecule has 1 aliphatic heterocycles. The molecule has 2 aromatic rings. The van der Waals surface area contributed by atoms with E-state index in [2.05, 4.69) is 10.2 Å². The van der Waals surface area contributed by atoms with Crippen LogP contribution in [-0.4, -0.2) is 36.2 Å². The zero-order valence-corrected chi connectivity index (χ0v) is 13.8. The third kappa shape index (κ3) is 4.17. The summed E-state index contributed by atoms with van der Waals surface area (Å²) in [5.41, 5.74) is 2.07. The predicted octanol–water partition coefficient (Wildman–Crippen LogP) is 3.62. The van der Waals surface area contributed by atoms with Crippen molar-refractivity contribution < 1.29 is 14.2 Å². The van der Waals surface area contributed by atoms with Crippen LogP contribution >= 0.6 is 0 Å². The van der Waals surface area contributed by atoms with Gasteiger partial charge in [-0.05, 0) is 61.3 Å². The second-order valence-corrected chi connectivity index (χ2v) is 6.23. The molecule has 2 N–H and O–H groups in total. The van der Waals surface area contributed by atoms with Crippen molar-refractivity contribution in [2.45, 2.75) is 25.4 Å². The molecule has 1 aliphatic rings. The van der Waals surface area contributed by atoms with E-state index in [-0.39, 0.29) is 11.6 Å². The summed E-state index contributed by atoms with van der Waals surface area (Å²) in [6.07, 6.45) is 2.22. The number of ether oxygens (including phenoxy) is 1. The van der Waals surface area contributed by atoms with Crippen LogP contribution in [0.1, 0.15) is 18.4 Å². The van der Waals surface area contributed by atoms with Gasteiger partial charge in [0, 0.05) is 24.8 Å². The molecule has 1 saturated heterocycles. The van der Waals surface area contributed by atoms with Gasteiger partial charge in [-0.15, -0.1) is 0 Å². The Morgan fingerprint density at radius 2 is 2.04 bits per heavy atom. The molecule has 3 rings (SSSR count). The number of hydrogen-bond acceptors (Lipinski definition) is 4. The first-order chi connectivity index (χ1) is 11.6. The van der Waals surface area contributed by atoms with E-state index in [0.717, 1.165) is 43.7 Å². The van der Waals surface area contributed by atoms with Crippen molar-refractivity contribution in [2.75, 3.05) is 25.5 Å². The molecule has 2 aromatic carbocycles. The van der Waals surface area contributed by atoms with Gasteiger partial charge in [-0.2, -0.15) is 0 Å². The number of rotatable bonds is 5. The second-order valence-electron chi connectivity index (χ2n) is 6.23. The van der Waals surface area contributed by atoms with Crippen molar-refractivity contribution in [3.05, 3.63) is 53.8 Å². The third-order valence-electron chi connectivity index (χ3n) is 4.37. The van der Waals surface area contributed by atoms with Crippen molar-refractivity contribution in [1.29, 1.82) is 0 Å². The standard InChI is InChI=1S/C19H23FN2O2/c1-24-19-11-14(4-9-18(19)23)12-22-10-2-3-17(13-22)21-16-7-5-15(20)6-8-16/h4-9,11,17,21,23H,2-3,10,12-13H2,1H3/t17-/m1/s1. The fourth-order valence-corrected chi connectivity index (χ4v) is 3.18. The molecule has 4 nitrogen and oxygen atoms in total. The van der Waals surface area contributed by atoms with Crippen molar-refractivity contribution >= 4 is 5.69 Å². The highest BCUT2D eigenvalue weighted by Crippen LogP contribution is 2.27. The normalized spacial score (nSPS) is 18.3. The van der Waals surface area contributed by atoms with Crippen molar-refractivity contribution in [3.8, 4) is 11.5 Å². The number of benzene rings is 2. The van der Waals surface area contributed by atoms with Crippen LogP contribution in [0.4, 0.5) is 10.1 Å². The molecular weight excluding hydrogens is 307 g/mol. The van der Waals surface area contributed by atoms with Crippen LogP contribution in [0.5, 0.6) is 11.5 Å². The number of likely N-dealkylation sites (tertiary alicyclic amines) is 1. The van der Waals surface area contributed by atoms with Gasteiger partial charge < -0.3 is 15.2 Å². The van der Waals surface area contributed by atoms with Crippen LogP contribution in [0.3, 0.4) is 0 Å². The number of aromatic hydroxyl groups is 1. The van der Waals surface area contributed by atoms with E-state index in [1.807, 2.05) is 12.1 Å². The number of piperidine rings is 1. The number of phenolic OH excluding ortho intramolecular Hbond substituents is 1. The maximum absolute atomic E-state index is 13.0. The number of methoxy groups -OCH3 is 1. The average Bonchev–Trinajstić information content (AvgIpc) is 2.59. The van der Waals surface area contributed by atoms with Crippen molar-refractivity contribution in [1.82, 2.24) is 4.90 Å². The Bertz CT molecular complexity index is 676. The number of nitrogens with zero attached hydrogens (tertiary/aromatic N) is 1. The van der Waals surface area contributed by atoms with Gasteiger partial charge in [0.05, 0.1) is 7.11 Å². The smallest absolute Gasteiger partial charge is 0.160 e. The van der Waals surface area contributed by atoms with E-state index in [1.54, 1.807) is 25.3 Å². The summed E-state index contributed by atoms with van der Waals surface area (Å²) < 4.78 is 18.2. The largest absolute Gasteiger partial charge is 0.504 e. The topological polar surface area (TPSA) is 44.7 Å². The first-order valence-corrected chi connectivity index (χ1v) is 8.24. The molecule has 0 bridgehead atoms. The first-order valence-electron chi connectivity index (χ1n) is 8.24. The van der Waals surface area contributed by atoms with Crippen LogP contribution in [0.25, 0.3) is 0 Å². The summed E-state index contributed by atoms with van der Waals surface area (Å²) in [5, 5.41) is 13.2. The SMILES string of the molecule is COc1cc(CN2CCC[C@@H](Nc3ccc(F)cc3)C2)ccc1O. The number of halogens is 1. The molecule has 0 aromatic heterocycles. The molecule has 128 valence electrons. The van der Waals surface area contributed by atoms with E-state index in [9.17, 15) is 9.50 Å². The maximum atomic E-state index is 13.0. The minimum atomic E-state index is -0.216. The average molecular weight is 330 g/mol. The molecule has 24 heavy (non-hydrogen) atoms. The summed E-state index contributed by atoms with van der Waals surface area (Å²) in [5.74, 6) is 0.452. The fourth-order valence-electron chi connectivity index (χ4n) is 3.18. The predicted molar refractivity (Wildman–Crippen MR) is 93.0 cm³/mol. The highest BCUT2D eigenvalue weighted by molar-refractivity contribution is 5.44. The molecule has 0 radical (unpaired) electrons. The third-order valence-corrected chi connectivity index (χ3v) is 4.37. The summed E-state index contributed by atoms with van der Waals surface area (Å²) in [7, 11) is 1.56. The minimum absolute atomic E-state index is 0.163. The van der Waals surface area contributed by atoms with Gasteiger partial charge in [-0.25, -0.2) is 4.39 Å². The molecule has 1 heterocycles. The van der Waals surface area contributed by atoms with E-state index >= 15 is 0 Å². The van der Waals surface area contributed by atoms with Gasteiger partial charge in [0.1, 0.15) is 5.82 Å². The number of hydrogen-bond donors (Lipinski definition) is 2. The van der Waals surface area contributed by atoms with Crippen LogP contribution in [0.2, 0.25) is 0 Å². The molecular formula is C19H23FN2O2. The second kappa shape index (κ2) is 7.53. The quantitative estimate of drug-likeness (QED) is 0.879. The Hall–Kier alpha value is -2.27. The lowest BCUT2D eigenvalue weighted by molar-refractivity contribution is 0.208. The van der Waals surface area contributed by atoms with Gasteiger partial charge >= 0.3 is 0 Å². The van der Waals surface area contributed by atoms with Gasteiger partial charge in [-0.1, -0.05) is 6.07 Å². The van der Waals surface area contributed by atoms with Crippen molar-refractivity contribution in [3.63, 3.8) is 0 Å². The Kier molecular flexibility index (Phi) is 5.20. The monoisotopic (exact) mass is 330 g/mol. The Morgan fingerprint density at radius 3 is 2.79 bits per heavy atom. The highest BCUT2D eigenvalue weighted by Gasteiger charge is 2.20. The molecule has 1 atom stereocenters. The number of nitrogens with one attached hydrogen (secondary N) is 1. The maximum Gasteiger partial charge on any atom is 0.160 e. The Morgan fingerprint density at radius 1 is 1.25 bits per heavy atom. The lowest BCUT2D eigenvalue weighted by Crippen LogP contribution is -2.41. The number of phenols is 1. The summed E-state index contributed by atoms with van der Waals surface area (Å²) in [6.45, 7) is 2.80. The molecule has 0 aliphatic carbocycles. The molecule has 1 fully saturated rings. The lowest BCUT2D eigenvalue weighted by Gasteiger charge is -2.33. The number of anilines is 1. The molecule has 0 saturated carbocycles. The van der Waals surface area contributed by atoms with Crippen LogP contribution in [0, 0.1) is 5.82 Å². The summed E-state index contributed by atoms with van der Waals surface area (Å²) >= 11 is 0. The summed E-state index contributed by atoms with van der Waals surface area (Å²) in [4.78, 5) is 2.39. The van der Waals surface area contributed by atoms with E-state index in [4.69, 9.17) is 4.74 Å². The van der Waals surface area contributed by atoms with Gasteiger partial charge in [-0.3, -0.25) is 4.90 Å². The fraction of sp³-hybridized carbons (Fsp3) is 0.368. The first kappa shape index (κ1) is 16.6. The Balaban J connectivity index is 1.60. The minimum Gasteiger partial charge on any atom is -0.504 e. The van der Waals surface area contributed by atoms with Crippen molar-refractivity contribution in [2.24, 2.45) is 0 Å². The zero-order valence-electron chi connectivity index (χ0n) is 13.8. The summed E-state index contributed by atoms with van der Waals surface area (Å²) in [6, 6.07) is 12.3. The van der Waals surface area contributed by atoms with Crippen LogP contribution in [0.15, 0.2) is 42.5 Å². The molecule has 0 amide bonds. The van der Waals surface area contributed by atoms with Gasteiger partial charge in [0.15, 0.2) is 11.5 Å². The Labute approximate surface area is 141 Å². The van der Waals surface area contributed by atoms with Gasteiger partial charge in [0.2, 0.25) is 0 Å². The molecule has 0 unspecified atom stereocenters. The zero-order chi connectivity index (χ0) is 16.9. The van der Waals surface area contributed by atoms with Gasteiger partial charge in [0.25, 0.3) is 0 Å². The van der Waals surface area contributed by atoms with E-state index in [0.29, 0.717) is 11.8 Å².